The molecule has 4 aromatic rings. The van der Waals surface area contributed by atoms with Crippen molar-refractivity contribution in [2.24, 2.45) is 0 Å². The van der Waals surface area contributed by atoms with Crippen LogP contribution in [0, 0.1) is 0 Å². The summed E-state index contributed by atoms with van der Waals surface area (Å²) >= 11 is 0. The maximum absolute atomic E-state index is 12.2. The fraction of sp³-hybridized carbons (Fsp3) is 0.136. The average Bonchev–Trinajstić information content (AvgIpc) is 2.79. The van der Waals surface area contributed by atoms with Gasteiger partial charge < -0.3 is 5.32 Å². The zero-order chi connectivity index (χ0) is 21.1. The van der Waals surface area contributed by atoms with E-state index in [-0.39, 0.29) is 10.9 Å². The van der Waals surface area contributed by atoms with Crippen LogP contribution < -0.4 is 10.0 Å². The molecule has 30 heavy (non-hydrogen) atoms. The number of nitrogens with one attached hydrogen (secondary N) is 2. The molecule has 0 saturated carbocycles. The lowest BCUT2D eigenvalue weighted by atomic mass is 10.1. The molecular weight excluding hydrogens is 398 g/mol. The summed E-state index contributed by atoms with van der Waals surface area (Å²) in [5.41, 5.74) is 2.52. The van der Waals surface area contributed by atoms with Crippen LogP contribution in [0.15, 0.2) is 78.0 Å². The Bertz CT molecular complexity index is 1290. The van der Waals surface area contributed by atoms with Crippen LogP contribution in [0.1, 0.15) is 18.5 Å². The lowest BCUT2D eigenvalue weighted by molar-refractivity contribution is 0.588. The number of sulfonamides is 1. The normalized spacial score (nSPS) is 12.6. The monoisotopic (exact) mass is 419 g/mol. The summed E-state index contributed by atoms with van der Waals surface area (Å²) in [6.07, 6.45) is 3.41. The SMILES string of the molecule is CNS(=O)(=O)c1cccc(C(C)Nc2nc(-c3ccncc3)nc3ccccc23)c1. The lowest BCUT2D eigenvalue weighted by Gasteiger charge is -2.18. The van der Waals surface area contributed by atoms with Gasteiger partial charge in [-0.3, -0.25) is 4.98 Å². The molecule has 1 atom stereocenters. The Balaban J connectivity index is 1.74. The van der Waals surface area contributed by atoms with E-state index in [4.69, 9.17) is 4.98 Å². The Morgan fingerprint density at radius 2 is 1.70 bits per heavy atom. The van der Waals surface area contributed by atoms with Crippen molar-refractivity contribution >= 4 is 26.7 Å². The Labute approximate surface area is 175 Å². The molecule has 152 valence electrons. The van der Waals surface area contributed by atoms with Crippen LogP contribution in [0.5, 0.6) is 0 Å². The zero-order valence-corrected chi connectivity index (χ0v) is 17.4. The van der Waals surface area contributed by atoms with Crippen molar-refractivity contribution < 1.29 is 8.42 Å². The molecule has 2 heterocycles. The minimum atomic E-state index is -3.51. The number of rotatable bonds is 6. The summed E-state index contributed by atoms with van der Waals surface area (Å²) in [7, 11) is -2.11. The fourth-order valence-electron chi connectivity index (χ4n) is 3.17. The highest BCUT2D eigenvalue weighted by Gasteiger charge is 2.16. The molecule has 2 N–H and O–H groups in total. The van der Waals surface area contributed by atoms with E-state index in [1.807, 2.05) is 49.4 Å². The maximum atomic E-state index is 12.2. The third-order valence-electron chi connectivity index (χ3n) is 4.83. The van der Waals surface area contributed by atoms with E-state index < -0.39 is 10.0 Å². The molecule has 8 heteroatoms. The van der Waals surface area contributed by atoms with Gasteiger partial charge in [-0.25, -0.2) is 23.1 Å². The lowest BCUT2D eigenvalue weighted by Crippen LogP contribution is -2.19. The van der Waals surface area contributed by atoms with Gasteiger partial charge in [0.05, 0.1) is 16.5 Å². The zero-order valence-electron chi connectivity index (χ0n) is 16.6. The molecule has 1 unspecified atom stereocenters. The van der Waals surface area contributed by atoms with Crippen molar-refractivity contribution in [3.05, 3.63) is 78.6 Å². The fourth-order valence-corrected chi connectivity index (χ4v) is 3.96. The van der Waals surface area contributed by atoms with Gasteiger partial charge >= 0.3 is 0 Å². The number of aromatic nitrogens is 3. The summed E-state index contributed by atoms with van der Waals surface area (Å²) < 4.78 is 26.7. The van der Waals surface area contributed by atoms with E-state index in [0.29, 0.717) is 11.6 Å². The Kier molecular flexibility index (Phi) is 5.43. The third-order valence-corrected chi connectivity index (χ3v) is 6.24. The highest BCUT2D eigenvalue weighted by atomic mass is 32.2. The number of benzene rings is 2. The van der Waals surface area contributed by atoms with Gasteiger partial charge in [-0.15, -0.1) is 0 Å². The summed E-state index contributed by atoms with van der Waals surface area (Å²) in [5, 5.41) is 4.32. The van der Waals surface area contributed by atoms with Gasteiger partial charge in [-0.2, -0.15) is 0 Å². The first kappa shape index (κ1) is 19.9. The molecule has 4 rings (SSSR count). The third kappa shape index (κ3) is 4.00. The molecular formula is C22H21N5O2S. The highest BCUT2D eigenvalue weighted by Crippen LogP contribution is 2.28. The standard InChI is InChI=1S/C22H21N5O2S/c1-15(17-6-5-7-18(14-17)30(28,29)23-2)25-22-19-8-3-4-9-20(19)26-21(27-22)16-10-12-24-13-11-16/h3-15,23H,1-2H3,(H,25,26,27). The molecule has 0 bridgehead atoms. The maximum Gasteiger partial charge on any atom is 0.240 e. The van der Waals surface area contributed by atoms with Crippen molar-refractivity contribution in [2.45, 2.75) is 17.9 Å². The van der Waals surface area contributed by atoms with E-state index in [0.717, 1.165) is 22.0 Å². The first-order valence-corrected chi connectivity index (χ1v) is 10.9. The number of pyridine rings is 1. The number of nitrogens with zero attached hydrogens (tertiary/aromatic N) is 3. The van der Waals surface area contributed by atoms with Crippen molar-refractivity contribution in [2.75, 3.05) is 12.4 Å². The van der Waals surface area contributed by atoms with E-state index in [1.165, 1.54) is 7.05 Å². The molecule has 2 aromatic carbocycles. The molecule has 0 aliphatic heterocycles. The van der Waals surface area contributed by atoms with Crippen LogP contribution in [0.2, 0.25) is 0 Å². The van der Waals surface area contributed by atoms with Crippen LogP contribution in [0.4, 0.5) is 5.82 Å². The number of hydrogen-bond donors (Lipinski definition) is 2. The second-order valence-electron chi connectivity index (χ2n) is 6.79. The largest absolute Gasteiger partial charge is 0.363 e. The number of anilines is 1. The minimum absolute atomic E-state index is 0.180. The smallest absolute Gasteiger partial charge is 0.240 e. The molecule has 0 fully saturated rings. The van der Waals surface area contributed by atoms with Crippen LogP contribution in [-0.2, 0) is 10.0 Å². The number of fused-ring (bicyclic) bond motifs is 1. The van der Waals surface area contributed by atoms with E-state index in [2.05, 4.69) is 20.0 Å². The molecule has 7 nitrogen and oxygen atoms in total. The van der Waals surface area contributed by atoms with E-state index >= 15 is 0 Å². The summed E-state index contributed by atoms with van der Waals surface area (Å²) in [5.74, 6) is 1.28. The second kappa shape index (κ2) is 8.17. The van der Waals surface area contributed by atoms with E-state index in [1.54, 1.807) is 30.6 Å². The Morgan fingerprint density at radius 3 is 2.47 bits per heavy atom. The minimum Gasteiger partial charge on any atom is -0.363 e. The van der Waals surface area contributed by atoms with Crippen molar-refractivity contribution in [1.29, 1.82) is 0 Å². The quantitative estimate of drug-likeness (QED) is 0.494. The summed E-state index contributed by atoms with van der Waals surface area (Å²) in [4.78, 5) is 13.7. The van der Waals surface area contributed by atoms with E-state index in [9.17, 15) is 8.42 Å². The highest BCUT2D eigenvalue weighted by molar-refractivity contribution is 7.89. The summed E-state index contributed by atoms with van der Waals surface area (Å²) in [6, 6.07) is 18.2. The second-order valence-corrected chi connectivity index (χ2v) is 8.68. The molecule has 0 aliphatic rings. The van der Waals surface area contributed by atoms with Gasteiger partial charge in [-0.05, 0) is 55.9 Å². The van der Waals surface area contributed by atoms with Gasteiger partial charge in [-0.1, -0.05) is 24.3 Å². The predicted octanol–water partition coefficient (Wildman–Crippen LogP) is 3.77. The van der Waals surface area contributed by atoms with Gasteiger partial charge in [0.15, 0.2) is 5.82 Å². The first-order valence-electron chi connectivity index (χ1n) is 9.45. The van der Waals surface area contributed by atoms with Gasteiger partial charge in [0.1, 0.15) is 5.82 Å². The van der Waals surface area contributed by atoms with Crippen LogP contribution in [0.25, 0.3) is 22.3 Å². The molecule has 2 aromatic heterocycles. The van der Waals surface area contributed by atoms with Crippen molar-refractivity contribution in [3.8, 4) is 11.4 Å². The van der Waals surface area contributed by atoms with Gasteiger partial charge in [0, 0.05) is 23.3 Å². The van der Waals surface area contributed by atoms with Crippen LogP contribution >= 0.6 is 0 Å². The average molecular weight is 420 g/mol. The number of para-hydroxylation sites is 1. The Hall–Kier alpha value is -3.36. The predicted molar refractivity (Wildman–Crippen MR) is 117 cm³/mol. The van der Waals surface area contributed by atoms with Crippen LogP contribution in [-0.4, -0.2) is 30.4 Å². The van der Waals surface area contributed by atoms with Gasteiger partial charge in [0.25, 0.3) is 0 Å². The van der Waals surface area contributed by atoms with Crippen molar-refractivity contribution in [3.63, 3.8) is 0 Å². The van der Waals surface area contributed by atoms with Crippen molar-refractivity contribution in [1.82, 2.24) is 19.7 Å². The molecule has 0 amide bonds. The van der Waals surface area contributed by atoms with Crippen LogP contribution in [0.3, 0.4) is 0 Å². The first-order chi connectivity index (χ1) is 14.5. The topological polar surface area (TPSA) is 96.9 Å². The molecule has 0 radical (unpaired) electrons. The molecule has 0 saturated heterocycles. The number of hydrogen-bond acceptors (Lipinski definition) is 6. The molecule has 0 spiro atoms. The Morgan fingerprint density at radius 1 is 0.933 bits per heavy atom. The summed E-state index contributed by atoms with van der Waals surface area (Å²) in [6.45, 7) is 1.97. The van der Waals surface area contributed by atoms with Gasteiger partial charge in [0.2, 0.25) is 10.0 Å². The molecule has 0 aliphatic carbocycles.